The van der Waals surface area contributed by atoms with Gasteiger partial charge in [0.25, 0.3) is 5.69 Å². The van der Waals surface area contributed by atoms with Crippen LogP contribution in [-0.4, -0.2) is 59.2 Å². The largest absolute Gasteiger partial charge is 0.465 e. The number of ketones is 1. The molecule has 2 aromatic carbocycles. The van der Waals surface area contributed by atoms with E-state index >= 15 is 0 Å². The number of hydrogen-bond donors (Lipinski definition) is 2. The number of Topliss-reactive ketones (excluding diaryl/α,β-unsaturated/α-hetero) is 1. The average molecular weight is 398 g/mol. The standard InChI is InChI=1S/C20H22N4O5/c1-14(25)20(21-2)13-22(11-12-23(20)19(26)27)17-7-3-15(4-8-17)16-5-9-18(10-6-16)24(28)29/h3-10,21H,11-13H2,1-2H3,(H,26,27). The first-order chi connectivity index (χ1) is 13.8. The minimum Gasteiger partial charge on any atom is -0.465 e. The van der Waals surface area contributed by atoms with Gasteiger partial charge in [0.1, 0.15) is 0 Å². The van der Waals surface area contributed by atoms with E-state index in [9.17, 15) is 24.8 Å². The molecule has 152 valence electrons. The predicted octanol–water partition coefficient (Wildman–Crippen LogP) is 2.57. The number of nitrogens with one attached hydrogen (secondary N) is 1. The van der Waals surface area contributed by atoms with Gasteiger partial charge in [-0.15, -0.1) is 0 Å². The van der Waals surface area contributed by atoms with Gasteiger partial charge >= 0.3 is 6.09 Å². The smallest absolute Gasteiger partial charge is 0.409 e. The molecule has 2 N–H and O–H groups in total. The monoisotopic (exact) mass is 398 g/mol. The van der Waals surface area contributed by atoms with Gasteiger partial charge in [0.15, 0.2) is 11.4 Å². The number of rotatable bonds is 5. The molecular formula is C20H22N4O5. The fourth-order valence-electron chi connectivity index (χ4n) is 3.66. The Morgan fingerprint density at radius 3 is 2.07 bits per heavy atom. The van der Waals surface area contributed by atoms with Gasteiger partial charge in [-0.25, -0.2) is 4.79 Å². The number of likely N-dealkylation sites (N-methyl/N-ethyl adjacent to an activating group) is 1. The molecule has 1 fully saturated rings. The van der Waals surface area contributed by atoms with Gasteiger partial charge in [0, 0.05) is 30.9 Å². The van der Waals surface area contributed by atoms with Crippen molar-refractivity contribution in [1.82, 2.24) is 10.2 Å². The number of non-ortho nitro benzene ring substituents is 1. The fraction of sp³-hybridized carbons (Fsp3) is 0.300. The molecule has 0 radical (unpaired) electrons. The second kappa shape index (κ2) is 7.88. The maximum absolute atomic E-state index is 12.3. The number of nitro benzene ring substituents is 1. The van der Waals surface area contributed by atoms with Gasteiger partial charge in [-0.3, -0.25) is 25.1 Å². The van der Waals surface area contributed by atoms with Crippen LogP contribution < -0.4 is 10.2 Å². The summed E-state index contributed by atoms with van der Waals surface area (Å²) in [5.41, 5.74) is 1.35. The lowest BCUT2D eigenvalue weighted by atomic mass is 9.99. The summed E-state index contributed by atoms with van der Waals surface area (Å²) in [5, 5.41) is 23.2. The van der Waals surface area contributed by atoms with Crippen molar-refractivity contribution in [2.45, 2.75) is 12.6 Å². The molecule has 9 nitrogen and oxygen atoms in total. The molecule has 29 heavy (non-hydrogen) atoms. The lowest BCUT2D eigenvalue weighted by Crippen LogP contribution is -2.73. The number of carbonyl (C=O) groups excluding carboxylic acids is 1. The number of benzene rings is 2. The first-order valence-electron chi connectivity index (χ1n) is 9.09. The van der Waals surface area contributed by atoms with E-state index in [2.05, 4.69) is 5.32 Å². The van der Waals surface area contributed by atoms with Gasteiger partial charge in [0.2, 0.25) is 0 Å². The van der Waals surface area contributed by atoms with E-state index < -0.39 is 16.7 Å². The Kier molecular flexibility index (Phi) is 5.51. The summed E-state index contributed by atoms with van der Waals surface area (Å²) < 4.78 is 0. The summed E-state index contributed by atoms with van der Waals surface area (Å²) in [6, 6.07) is 13.9. The quantitative estimate of drug-likeness (QED) is 0.587. The van der Waals surface area contributed by atoms with Gasteiger partial charge in [-0.05, 0) is 49.4 Å². The van der Waals surface area contributed by atoms with E-state index in [4.69, 9.17) is 0 Å². The van der Waals surface area contributed by atoms with E-state index in [0.29, 0.717) is 6.54 Å². The van der Waals surface area contributed by atoms with Gasteiger partial charge in [-0.2, -0.15) is 0 Å². The Morgan fingerprint density at radius 2 is 1.62 bits per heavy atom. The molecule has 0 spiro atoms. The Hall–Kier alpha value is -3.46. The highest BCUT2D eigenvalue weighted by Gasteiger charge is 2.47. The maximum Gasteiger partial charge on any atom is 0.409 e. The summed E-state index contributed by atoms with van der Waals surface area (Å²) in [4.78, 5) is 37.4. The van der Waals surface area contributed by atoms with E-state index in [-0.39, 0.29) is 24.6 Å². The zero-order valence-corrected chi connectivity index (χ0v) is 16.2. The van der Waals surface area contributed by atoms with Gasteiger partial charge in [-0.1, -0.05) is 12.1 Å². The summed E-state index contributed by atoms with van der Waals surface area (Å²) in [6.07, 6.45) is -1.14. The van der Waals surface area contributed by atoms with Crippen molar-refractivity contribution in [2.75, 3.05) is 31.6 Å². The van der Waals surface area contributed by atoms with Crippen LogP contribution in [0.2, 0.25) is 0 Å². The number of nitrogens with zero attached hydrogens (tertiary/aromatic N) is 3. The number of anilines is 1. The molecule has 1 amide bonds. The molecule has 0 aromatic heterocycles. The van der Waals surface area contributed by atoms with Crippen molar-refractivity contribution in [2.24, 2.45) is 0 Å². The zero-order valence-electron chi connectivity index (χ0n) is 16.2. The first-order valence-corrected chi connectivity index (χ1v) is 9.09. The van der Waals surface area contributed by atoms with Crippen molar-refractivity contribution >= 4 is 23.3 Å². The topological polar surface area (TPSA) is 116 Å². The van der Waals surface area contributed by atoms with Crippen LogP contribution in [0.25, 0.3) is 11.1 Å². The lowest BCUT2D eigenvalue weighted by molar-refractivity contribution is -0.384. The van der Waals surface area contributed by atoms with E-state index in [1.54, 1.807) is 19.2 Å². The Morgan fingerprint density at radius 1 is 1.07 bits per heavy atom. The Labute approximate surface area is 167 Å². The SMILES string of the molecule is CNC1(C(C)=O)CN(c2ccc(-c3ccc([N+](=O)[O-])cc3)cc2)CCN1C(=O)O. The van der Waals surface area contributed by atoms with Crippen LogP contribution in [0, 0.1) is 10.1 Å². The molecule has 0 bridgehead atoms. The summed E-state index contributed by atoms with van der Waals surface area (Å²) in [7, 11) is 1.58. The molecule has 1 heterocycles. The Bertz CT molecular complexity index is 929. The molecule has 2 aromatic rings. The van der Waals surface area contributed by atoms with Crippen molar-refractivity contribution in [3.05, 3.63) is 58.6 Å². The molecule has 1 aliphatic rings. The normalized spacial score (nSPS) is 19.1. The Balaban J connectivity index is 1.83. The minimum absolute atomic E-state index is 0.0364. The molecule has 1 unspecified atom stereocenters. The van der Waals surface area contributed by atoms with Crippen LogP contribution in [0.3, 0.4) is 0 Å². The fourth-order valence-corrected chi connectivity index (χ4v) is 3.66. The van der Waals surface area contributed by atoms with Crippen molar-refractivity contribution in [3.63, 3.8) is 0 Å². The number of hydrogen-bond acceptors (Lipinski definition) is 6. The highest BCUT2D eigenvalue weighted by atomic mass is 16.6. The predicted molar refractivity (Wildman–Crippen MR) is 108 cm³/mol. The summed E-state index contributed by atoms with van der Waals surface area (Å²) in [6.45, 7) is 2.23. The number of piperazine rings is 1. The van der Waals surface area contributed by atoms with Crippen LogP contribution in [-0.2, 0) is 4.79 Å². The third-order valence-corrected chi connectivity index (χ3v) is 5.34. The molecule has 1 aliphatic heterocycles. The summed E-state index contributed by atoms with van der Waals surface area (Å²) in [5.74, 6) is -0.269. The molecule has 3 rings (SSSR count). The third kappa shape index (κ3) is 3.77. The molecule has 9 heteroatoms. The molecule has 1 saturated heterocycles. The number of nitro groups is 1. The van der Waals surface area contributed by atoms with Gasteiger partial charge in [0.05, 0.1) is 11.5 Å². The van der Waals surface area contributed by atoms with Crippen molar-refractivity contribution in [3.8, 4) is 11.1 Å². The van der Waals surface area contributed by atoms with Gasteiger partial charge < -0.3 is 10.0 Å². The van der Waals surface area contributed by atoms with Crippen LogP contribution in [0.1, 0.15) is 6.92 Å². The number of carboxylic acid groups (broad SMARTS) is 1. The van der Waals surface area contributed by atoms with Crippen LogP contribution >= 0.6 is 0 Å². The highest BCUT2D eigenvalue weighted by Crippen LogP contribution is 2.28. The van der Waals surface area contributed by atoms with Crippen molar-refractivity contribution in [1.29, 1.82) is 0 Å². The van der Waals surface area contributed by atoms with Crippen LogP contribution in [0.15, 0.2) is 48.5 Å². The third-order valence-electron chi connectivity index (χ3n) is 5.34. The molecule has 0 saturated carbocycles. The second-order valence-electron chi connectivity index (χ2n) is 6.87. The summed E-state index contributed by atoms with van der Waals surface area (Å²) >= 11 is 0. The van der Waals surface area contributed by atoms with Crippen LogP contribution in [0.5, 0.6) is 0 Å². The minimum atomic E-state index is -1.30. The highest BCUT2D eigenvalue weighted by molar-refractivity contribution is 5.90. The lowest BCUT2D eigenvalue weighted by Gasteiger charge is -2.48. The van der Waals surface area contributed by atoms with E-state index in [1.165, 1.54) is 19.1 Å². The first kappa shape index (κ1) is 20.3. The average Bonchev–Trinajstić information content (AvgIpc) is 2.73. The zero-order chi connectivity index (χ0) is 21.2. The van der Waals surface area contributed by atoms with E-state index in [1.807, 2.05) is 29.2 Å². The number of carbonyl (C=O) groups is 2. The maximum atomic E-state index is 12.3. The molecular weight excluding hydrogens is 376 g/mol. The van der Waals surface area contributed by atoms with Crippen molar-refractivity contribution < 1.29 is 19.6 Å². The second-order valence-corrected chi connectivity index (χ2v) is 6.87. The van der Waals surface area contributed by atoms with E-state index in [0.717, 1.165) is 21.7 Å². The molecule has 1 atom stereocenters. The van der Waals surface area contributed by atoms with Crippen LogP contribution in [0.4, 0.5) is 16.2 Å². The number of amides is 1. The molecule has 0 aliphatic carbocycles.